The Morgan fingerprint density at radius 1 is 1.04 bits per heavy atom. The number of barbiturate groups is 1. The minimum atomic E-state index is -0.759. The van der Waals surface area contributed by atoms with Crippen molar-refractivity contribution in [3.63, 3.8) is 0 Å². The van der Waals surface area contributed by atoms with E-state index < -0.39 is 17.8 Å². The van der Waals surface area contributed by atoms with Crippen molar-refractivity contribution in [2.24, 2.45) is 0 Å². The van der Waals surface area contributed by atoms with E-state index in [0.717, 1.165) is 16.0 Å². The van der Waals surface area contributed by atoms with Crippen LogP contribution in [0.15, 0.2) is 48.0 Å². The Morgan fingerprint density at radius 3 is 2.43 bits per heavy atom. The molecule has 2 aromatic carbocycles. The molecular weight excluding hydrogens is 356 g/mol. The van der Waals surface area contributed by atoms with Crippen LogP contribution in [-0.2, 0) is 9.59 Å². The minimum absolute atomic E-state index is 0.0660. The van der Waals surface area contributed by atoms with E-state index in [1.54, 1.807) is 24.3 Å². The van der Waals surface area contributed by atoms with Crippen LogP contribution >= 0.6 is 0 Å². The summed E-state index contributed by atoms with van der Waals surface area (Å²) in [6.45, 7) is 7.52. The Labute approximate surface area is 163 Å². The van der Waals surface area contributed by atoms with Crippen molar-refractivity contribution >= 4 is 29.6 Å². The molecule has 0 radical (unpaired) electrons. The lowest BCUT2D eigenvalue weighted by molar-refractivity contribution is -0.122. The van der Waals surface area contributed by atoms with Crippen molar-refractivity contribution in [3.05, 3.63) is 64.7 Å². The summed E-state index contributed by atoms with van der Waals surface area (Å²) < 4.78 is 5.75. The highest BCUT2D eigenvalue weighted by molar-refractivity contribution is 6.39. The number of nitrogens with zero attached hydrogens (tertiary/aromatic N) is 1. The SMILES string of the molecule is Cc1ccc(N2C(=O)NC(=O)/C(=C\c3ccccc3OC(C)C)C2=O)c(C)c1. The van der Waals surface area contributed by atoms with Crippen LogP contribution in [-0.4, -0.2) is 23.9 Å². The van der Waals surface area contributed by atoms with E-state index in [1.807, 2.05) is 45.9 Å². The normalized spacial score (nSPS) is 16.0. The summed E-state index contributed by atoms with van der Waals surface area (Å²) in [7, 11) is 0. The smallest absolute Gasteiger partial charge is 0.335 e. The summed E-state index contributed by atoms with van der Waals surface area (Å²) in [6.07, 6.45) is 1.39. The maximum absolute atomic E-state index is 13.1. The Kier molecular flexibility index (Phi) is 5.31. The first-order valence-corrected chi connectivity index (χ1v) is 9.02. The van der Waals surface area contributed by atoms with Gasteiger partial charge in [-0.25, -0.2) is 9.69 Å². The van der Waals surface area contributed by atoms with Crippen LogP contribution < -0.4 is 15.0 Å². The second-order valence-corrected chi connectivity index (χ2v) is 6.95. The zero-order valence-electron chi connectivity index (χ0n) is 16.3. The van der Waals surface area contributed by atoms with Gasteiger partial charge in [0.25, 0.3) is 11.8 Å². The lowest BCUT2D eigenvalue weighted by Crippen LogP contribution is -2.54. The third-order valence-electron chi connectivity index (χ3n) is 4.28. The number of benzene rings is 2. The Balaban J connectivity index is 2.05. The largest absolute Gasteiger partial charge is 0.490 e. The molecule has 6 nitrogen and oxygen atoms in total. The van der Waals surface area contributed by atoms with Crippen LogP contribution in [0.25, 0.3) is 6.08 Å². The molecule has 3 rings (SSSR count). The van der Waals surface area contributed by atoms with E-state index in [9.17, 15) is 14.4 Å². The van der Waals surface area contributed by atoms with Gasteiger partial charge in [0.15, 0.2) is 0 Å². The molecule has 0 unspecified atom stereocenters. The molecule has 1 heterocycles. The summed E-state index contributed by atoms with van der Waals surface area (Å²) in [4.78, 5) is 38.8. The molecule has 1 fully saturated rings. The highest BCUT2D eigenvalue weighted by atomic mass is 16.5. The quantitative estimate of drug-likeness (QED) is 0.649. The molecule has 0 aromatic heterocycles. The topological polar surface area (TPSA) is 75.7 Å². The summed E-state index contributed by atoms with van der Waals surface area (Å²) in [6, 6.07) is 11.8. The first kappa shape index (κ1) is 19.4. The molecule has 28 heavy (non-hydrogen) atoms. The second kappa shape index (κ2) is 7.68. The van der Waals surface area contributed by atoms with Gasteiger partial charge in [0.1, 0.15) is 11.3 Å². The average Bonchev–Trinajstić information content (AvgIpc) is 2.61. The van der Waals surface area contributed by atoms with Crippen LogP contribution in [0.1, 0.15) is 30.5 Å². The molecule has 1 aliphatic rings. The standard InChI is InChI=1S/C22H22N2O4/c1-13(2)28-19-8-6-5-7-16(19)12-17-20(25)23-22(27)24(21(17)26)18-10-9-14(3)11-15(18)4/h5-13H,1-4H3,(H,23,25,27)/b17-12+. The number of imide groups is 2. The molecule has 4 amide bonds. The molecule has 0 atom stereocenters. The molecule has 0 saturated carbocycles. The lowest BCUT2D eigenvalue weighted by Gasteiger charge is -2.27. The summed E-state index contributed by atoms with van der Waals surface area (Å²) in [5.74, 6) is -0.837. The predicted molar refractivity (Wildman–Crippen MR) is 107 cm³/mol. The Bertz CT molecular complexity index is 992. The van der Waals surface area contributed by atoms with E-state index in [2.05, 4.69) is 5.32 Å². The zero-order chi connectivity index (χ0) is 20.4. The van der Waals surface area contributed by atoms with Gasteiger partial charge in [-0.2, -0.15) is 0 Å². The van der Waals surface area contributed by atoms with Crippen molar-refractivity contribution in [1.82, 2.24) is 5.32 Å². The molecule has 0 spiro atoms. The van der Waals surface area contributed by atoms with Crippen molar-refractivity contribution in [3.8, 4) is 5.75 Å². The first-order chi connectivity index (χ1) is 13.3. The van der Waals surface area contributed by atoms with E-state index >= 15 is 0 Å². The maximum Gasteiger partial charge on any atom is 0.335 e. The number of amides is 4. The number of rotatable bonds is 4. The van der Waals surface area contributed by atoms with Crippen LogP contribution in [0, 0.1) is 13.8 Å². The number of hydrogen-bond acceptors (Lipinski definition) is 4. The third kappa shape index (κ3) is 3.81. The molecule has 1 saturated heterocycles. The maximum atomic E-state index is 13.1. The third-order valence-corrected chi connectivity index (χ3v) is 4.28. The fraction of sp³-hybridized carbons (Fsp3) is 0.227. The van der Waals surface area contributed by atoms with Crippen LogP contribution in [0.3, 0.4) is 0 Å². The minimum Gasteiger partial charge on any atom is -0.490 e. The number of ether oxygens (including phenoxy) is 1. The van der Waals surface area contributed by atoms with Gasteiger partial charge in [-0.1, -0.05) is 35.9 Å². The van der Waals surface area contributed by atoms with Crippen LogP contribution in [0.5, 0.6) is 5.75 Å². The molecule has 6 heteroatoms. The van der Waals surface area contributed by atoms with E-state index in [-0.39, 0.29) is 11.7 Å². The van der Waals surface area contributed by atoms with Gasteiger partial charge in [-0.3, -0.25) is 14.9 Å². The van der Waals surface area contributed by atoms with Gasteiger partial charge in [0.05, 0.1) is 11.8 Å². The van der Waals surface area contributed by atoms with Crippen molar-refractivity contribution in [2.75, 3.05) is 4.90 Å². The fourth-order valence-electron chi connectivity index (χ4n) is 3.05. The monoisotopic (exact) mass is 378 g/mol. The number of anilines is 1. The summed E-state index contributed by atoms with van der Waals surface area (Å²) in [5.41, 5.74) is 2.68. The van der Waals surface area contributed by atoms with Crippen LogP contribution in [0.4, 0.5) is 10.5 Å². The lowest BCUT2D eigenvalue weighted by atomic mass is 10.0. The molecule has 0 aliphatic carbocycles. The van der Waals surface area contributed by atoms with Gasteiger partial charge >= 0.3 is 6.03 Å². The first-order valence-electron chi connectivity index (χ1n) is 9.02. The number of nitrogens with one attached hydrogen (secondary N) is 1. The highest BCUT2D eigenvalue weighted by Crippen LogP contribution is 2.28. The Morgan fingerprint density at radius 2 is 1.75 bits per heavy atom. The van der Waals surface area contributed by atoms with E-state index in [0.29, 0.717) is 17.0 Å². The van der Waals surface area contributed by atoms with Crippen molar-refractivity contribution in [1.29, 1.82) is 0 Å². The van der Waals surface area contributed by atoms with Gasteiger partial charge in [0, 0.05) is 5.56 Å². The number of urea groups is 1. The predicted octanol–water partition coefficient (Wildman–Crippen LogP) is 3.76. The highest BCUT2D eigenvalue weighted by Gasteiger charge is 2.37. The molecule has 0 bridgehead atoms. The molecule has 144 valence electrons. The number of para-hydroxylation sites is 1. The Hall–Kier alpha value is -3.41. The van der Waals surface area contributed by atoms with Gasteiger partial charge in [0.2, 0.25) is 0 Å². The zero-order valence-corrected chi connectivity index (χ0v) is 16.3. The fourth-order valence-corrected chi connectivity index (χ4v) is 3.05. The summed E-state index contributed by atoms with van der Waals surface area (Å²) in [5, 5.41) is 2.25. The van der Waals surface area contributed by atoms with Crippen molar-refractivity contribution < 1.29 is 19.1 Å². The summed E-state index contributed by atoms with van der Waals surface area (Å²) >= 11 is 0. The van der Waals surface area contributed by atoms with Gasteiger partial charge in [-0.05, 0) is 51.5 Å². The van der Waals surface area contributed by atoms with Gasteiger partial charge < -0.3 is 4.74 Å². The van der Waals surface area contributed by atoms with Gasteiger partial charge in [-0.15, -0.1) is 0 Å². The second-order valence-electron chi connectivity index (χ2n) is 6.95. The molecule has 1 N–H and O–H groups in total. The number of carbonyl (C=O) groups is 3. The number of aryl methyl sites for hydroxylation is 2. The van der Waals surface area contributed by atoms with E-state index in [4.69, 9.17) is 4.74 Å². The molecular formula is C22H22N2O4. The average molecular weight is 378 g/mol. The van der Waals surface area contributed by atoms with Crippen LogP contribution in [0.2, 0.25) is 0 Å². The van der Waals surface area contributed by atoms with Crippen molar-refractivity contribution in [2.45, 2.75) is 33.8 Å². The molecule has 2 aromatic rings. The number of hydrogen-bond donors (Lipinski definition) is 1. The van der Waals surface area contributed by atoms with E-state index in [1.165, 1.54) is 6.08 Å². The molecule has 1 aliphatic heterocycles. The number of carbonyl (C=O) groups excluding carboxylic acids is 3.